The first kappa shape index (κ1) is 18.9. The summed E-state index contributed by atoms with van der Waals surface area (Å²) in [5, 5.41) is 0. The van der Waals surface area contributed by atoms with Crippen molar-refractivity contribution in [2.24, 2.45) is 4.99 Å². The number of hydrogen-bond donors (Lipinski definition) is 0. The van der Waals surface area contributed by atoms with E-state index in [9.17, 15) is 12.8 Å². The van der Waals surface area contributed by atoms with Crippen LogP contribution in [-0.4, -0.2) is 25.4 Å². The van der Waals surface area contributed by atoms with Gasteiger partial charge in [-0.05, 0) is 6.07 Å². The molecule has 7 heteroatoms. The lowest BCUT2D eigenvalue weighted by Crippen LogP contribution is -2.06. The van der Waals surface area contributed by atoms with E-state index < -0.39 is 22.5 Å². The predicted octanol–water partition coefficient (Wildman–Crippen LogP) is 3.87. The molecule has 0 N–H and O–H groups in total. The van der Waals surface area contributed by atoms with E-state index in [0.717, 1.165) is 17.4 Å². The maximum atomic E-state index is 14.8. The fraction of sp³-hybridized carbons (Fsp3) is 0.100. The zero-order valence-corrected chi connectivity index (χ0v) is 15.4. The van der Waals surface area contributed by atoms with E-state index >= 15 is 0 Å². The molecule has 0 aliphatic carbocycles. The summed E-state index contributed by atoms with van der Waals surface area (Å²) in [6, 6.07) is 20.1. The highest BCUT2D eigenvalue weighted by Gasteiger charge is 2.14. The van der Waals surface area contributed by atoms with Crippen LogP contribution in [0.4, 0.5) is 10.2 Å². The summed E-state index contributed by atoms with van der Waals surface area (Å²) in [6.07, 6.45) is 2.28. The van der Waals surface area contributed by atoms with E-state index in [-0.39, 0.29) is 11.4 Å². The van der Waals surface area contributed by atoms with Crippen molar-refractivity contribution in [2.75, 3.05) is 6.26 Å². The van der Waals surface area contributed by atoms with Crippen LogP contribution < -0.4 is 0 Å². The van der Waals surface area contributed by atoms with Crippen molar-refractivity contribution in [1.29, 1.82) is 0 Å². The molecule has 0 atom stereocenters. The van der Waals surface area contributed by atoms with E-state index in [0.29, 0.717) is 5.71 Å². The highest BCUT2D eigenvalue weighted by Crippen LogP contribution is 2.22. The molecule has 3 aromatic rings. The third kappa shape index (κ3) is 5.06. The first-order chi connectivity index (χ1) is 12.9. The molecule has 0 amide bonds. The van der Waals surface area contributed by atoms with E-state index in [1.54, 1.807) is 0 Å². The first-order valence-electron chi connectivity index (χ1n) is 8.11. The predicted molar refractivity (Wildman–Crippen MR) is 102 cm³/mol. The van der Waals surface area contributed by atoms with Gasteiger partial charge >= 0.3 is 0 Å². The van der Waals surface area contributed by atoms with Gasteiger partial charge in [-0.3, -0.25) is 4.18 Å². The summed E-state index contributed by atoms with van der Waals surface area (Å²) in [5.41, 5.74) is 2.24. The van der Waals surface area contributed by atoms with E-state index in [1.807, 2.05) is 60.7 Å². The Labute approximate surface area is 157 Å². The number of aliphatic imine (C=N–C) groups is 1. The Morgan fingerprint density at radius 1 is 1.00 bits per heavy atom. The van der Waals surface area contributed by atoms with Crippen LogP contribution in [0.1, 0.15) is 16.7 Å². The number of halogens is 1. The van der Waals surface area contributed by atoms with Crippen molar-refractivity contribution < 1.29 is 17.0 Å². The van der Waals surface area contributed by atoms with Gasteiger partial charge in [-0.1, -0.05) is 60.7 Å². The molecule has 0 bridgehead atoms. The molecule has 0 saturated carbocycles. The molecule has 1 aromatic heterocycles. The summed E-state index contributed by atoms with van der Waals surface area (Å²) in [7, 11) is -3.68. The minimum atomic E-state index is -3.68. The smallest absolute Gasteiger partial charge is 0.264 e. The molecular formula is C20H17FN2O3S. The fourth-order valence-electron chi connectivity index (χ4n) is 2.42. The molecule has 0 aliphatic rings. The normalized spacial score (nSPS) is 11.2. The summed E-state index contributed by atoms with van der Waals surface area (Å²) in [6.45, 7) is -0.415. The highest BCUT2D eigenvalue weighted by atomic mass is 32.2. The quantitative estimate of drug-likeness (QED) is 0.478. The second-order valence-electron chi connectivity index (χ2n) is 5.77. The topological polar surface area (TPSA) is 68.6 Å². The molecule has 0 aliphatic heterocycles. The summed E-state index contributed by atoms with van der Waals surface area (Å²) in [4.78, 5) is 8.44. The van der Waals surface area contributed by atoms with E-state index in [2.05, 4.69) is 14.2 Å². The van der Waals surface area contributed by atoms with E-state index in [1.165, 1.54) is 12.3 Å². The lowest BCUT2D eigenvalue weighted by molar-refractivity contribution is 0.305. The SMILES string of the molecule is CS(=O)(=O)OCc1ccnc(N=C(c2ccccc2)c2ccccc2)c1F. The van der Waals surface area contributed by atoms with Gasteiger partial charge in [0.2, 0.25) is 0 Å². The summed E-state index contributed by atoms with van der Waals surface area (Å²) < 4.78 is 41.8. The number of rotatable bonds is 6. The van der Waals surface area contributed by atoms with Crippen LogP contribution >= 0.6 is 0 Å². The molecule has 0 radical (unpaired) electrons. The Balaban J connectivity index is 2.06. The maximum absolute atomic E-state index is 14.8. The number of benzene rings is 2. The largest absolute Gasteiger partial charge is 0.265 e. The standard InChI is InChI=1S/C20H17FN2O3S/c1-27(24,25)26-14-17-12-13-22-20(18(17)21)23-19(15-8-4-2-5-9-15)16-10-6-3-7-11-16/h2-13H,14H2,1H3. The summed E-state index contributed by atoms with van der Waals surface area (Å²) in [5.74, 6) is -0.849. The second kappa shape index (κ2) is 8.20. The van der Waals surface area contributed by atoms with Gasteiger partial charge in [-0.2, -0.15) is 8.42 Å². The Morgan fingerprint density at radius 2 is 1.56 bits per heavy atom. The summed E-state index contributed by atoms with van der Waals surface area (Å²) >= 11 is 0. The minimum absolute atomic E-state index is 0.0645. The van der Waals surface area contributed by atoms with Gasteiger partial charge in [0.1, 0.15) is 0 Å². The number of nitrogens with zero attached hydrogens (tertiary/aromatic N) is 2. The van der Waals surface area contributed by atoms with Gasteiger partial charge in [-0.15, -0.1) is 0 Å². The molecule has 27 heavy (non-hydrogen) atoms. The van der Waals surface area contributed by atoms with Crippen molar-refractivity contribution in [3.05, 3.63) is 95.4 Å². The molecule has 0 fully saturated rings. The molecule has 5 nitrogen and oxygen atoms in total. The Bertz CT molecular complexity index is 1010. The maximum Gasteiger partial charge on any atom is 0.264 e. The average Bonchev–Trinajstić information content (AvgIpc) is 2.67. The molecule has 3 rings (SSSR count). The zero-order valence-electron chi connectivity index (χ0n) is 14.5. The third-order valence-electron chi connectivity index (χ3n) is 3.69. The zero-order chi connectivity index (χ0) is 19.3. The minimum Gasteiger partial charge on any atom is -0.265 e. The van der Waals surface area contributed by atoms with Gasteiger partial charge < -0.3 is 0 Å². The van der Waals surface area contributed by atoms with Crippen LogP contribution in [0.5, 0.6) is 0 Å². The van der Waals surface area contributed by atoms with Crippen LogP contribution in [0.25, 0.3) is 0 Å². The Kier molecular flexibility index (Phi) is 5.73. The highest BCUT2D eigenvalue weighted by molar-refractivity contribution is 7.85. The van der Waals surface area contributed by atoms with Crippen LogP contribution in [-0.2, 0) is 20.9 Å². The average molecular weight is 384 g/mol. The number of pyridine rings is 1. The van der Waals surface area contributed by atoms with Gasteiger partial charge in [0.05, 0.1) is 18.6 Å². The van der Waals surface area contributed by atoms with Crippen LogP contribution in [0.3, 0.4) is 0 Å². The van der Waals surface area contributed by atoms with Gasteiger partial charge in [0, 0.05) is 22.9 Å². The van der Waals surface area contributed by atoms with Crippen molar-refractivity contribution in [3.8, 4) is 0 Å². The first-order valence-corrected chi connectivity index (χ1v) is 9.93. The van der Waals surface area contributed by atoms with Gasteiger partial charge in [0.15, 0.2) is 11.6 Å². The molecule has 0 saturated heterocycles. The molecular weight excluding hydrogens is 367 g/mol. The molecule has 1 heterocycles. The molecule has 0 unspecified atom stereocenters. The lowest BCUT2D eigenvalue weighted by Gasteiger charge is -2.09. The third-order valence-corrected chi connectivity index (χ3v) is 4.24. The number of aromatic nitrogens is 1. The molecule has 2 aromatic carbocycles. The Hall–Kier alpha value is -2.90. The Morgan fingerprint density at radius 3 is 2.07 bits per heavy atom. The molecule has 138 valence electrons. The molecule has 0 spiro atoms. The van der Waals surface area contributed by atoms with Crippen molar-refractivity contribution in [1.82, 2.24) is 4.98 Å². The van der Waals surface area contributed by atoms with Gasteiger partial charge in [-0.25, -0.2) is 14.4 Å². The number of hydrogen-bond acceptors (Lipinski definition) is 5. The van der Waals surface area contributed by atoms with Crippen LogP contribution in [0, 0.1) is 5.82 Å². The monoisotopic (exact) mass is 384 g/mol. The second-order valence-corrected chi connectivity index (χ2v) is 7.41. The van der Waals surface area contributed by atoms with Crippen LogP contribution in [0.2, 0.25) is 0 Å². The fourth-order valence-corrected chi connectivity index (χ4v) is 2.77. The lowest BCUT2D eigenvalue weighted by atomic mass is 10.0. The van der Waals surface area contributed by atoms with Crippen LogP contribution in [0.15, 0.2) is 77.9 Å². The van der Waals surface area contributed by atoms with E-state index in [4.69, 9.17) is 0 Å². The van der Waals surface area contributed by atoms with Crippen molar-refractivity contribution >= 4 is 21.6 Å². The van der Waals surface area contributed by atoms with Gasteiger partial charge in [0.25, 0.3) is 10.1 Å². The van der Waals surface area contributed by atoms with Crippen molar-refractivity contribution in [3.63, 3.8) is 0 Å². The van der Waals surface area contributed by atoms with Crippen molar-refractivity contribution in [2.45, 2.75) is 6.61 Å².